The lowest BCUT2D eigenvalue weighted by molar-refractivity contribution is -0.138. The monoisotopic (exact) mass is 397 g/mol. The van der Waals surface area contributed by atoms with Gasteiger partial charge in [0.1, 0.15) is 0 Å². The van der Waals surface area contributed by atoms with Crippen LogP contribution >= 0.6 is 11.8 Å². The molecule has 1 atom stereocenters. The van der Waals surface area contributed by atoms with Crippen LogP contribution in [0.5, 0.6) is 0 Å². The van der Waals surface area contributed by atoms with E-state index < -0.39 is 15.8 Å². The molecule has 1 amide bonds. The van der Waals surface area contributed by atoms with Gasteiger partial charge in [0.15, 0.2) is 9.84 Å². The molecule has 6 nitrogen and oxygen atoms in total. The van der Waals surface area contributed by atoms with Crippen molar-refractivity contribution in [2.75, 3.05) is 18.1 Å². The lowest BCUT2D eigenvalue weighted by Gasteiger charge is -2.34. The Morgan fingerprint density at radius 3 is 2.42 bits per heavy atom. The highest BCUT2D eigenvalue weighted by atomic mass is 32.2. The Morgan fingerprint density at radius 1 is 1.15 bits per heavy atom. The minimum absolute atomic E-state index is 0.0765. The Morgan fingerprint density at radius 2 is 1.81 bits per heavy atom. The molecule has 2 fully saturated rings. The number of carbonyl (C=O) groups is 2. The number of carboxylic acids is 1. The number of carbonyl (C=O) groups excluding carboxylic acids is 1. The second kappa shape index (κ2) is 8.00. The highest BCUT2D eigenvalue weighted by Crippen LogP contribution is 2.30. The maximum absolute atomic E-state index is 12.8. The molecule has 1 N–H and O–H groups in total. The first-order chi connectivity index (χ1) is 12.4. The quantitative estimate of drug-likeness (QED) is 0.820. The average Bonchev–Trinajstić information content (AvgIpc) is 3.17. The second-order valence-electron chi connectivity index (χ2n) is 6.80. The number of hydrogen-bond donors (Lipinski definition) is 1. The van der Waals surface area contributed by atoms with Crippen LogP contribution in [0.3, 0.4) is 0 Å². The largest absolute Gasteiger partial charge is 0.481 e. The number of thioether (sulfide) groups is 1. The molecule has 1 unspecified atom stereocenters. The van der Waals surface area contributed by atoms with Gasteiger partial charge in [-0.15, -0.1) is 0 Å². The van der Waals surface area contributed by atoms with E-state index in [1.807, 2.05) is 0 Å². The summed E-state index contributed by atoms with van der Waals surface area (Å²) in [6.45, 7) is 0.504. The number of benzene rings is 1. The van der Waals surface area contributed by atoms with E-state index >= 15 is 0 Å². The van der Waals surface area contributed by atoms with Crippen molar-refractivity contribution >= 4 is 33.5 Å². The SMILES string of the molecule is O=C(O)CC1CSCCN1C(=O)c1ccc(S(=O)(=O)C2CCCC2)cc1. The lowest BCUT2D eigenvalue weighted by atomic mass is 10.1. The maximum atomic E-state index is 12.8. The highest BCUT2D eigenvalue weighted by molar-refractivity contribution is 7.99. The third-order valence-electron chi connectivity index (χ3n) is 5.07. The third-order valence-corrected chi connectivity index (χ3v) is 8.44. The molecule has 1 aliphatic heterocycles. The molecule has 0 spiro atoms. The number of sulfone groups is 1. The number of hydrogen-bond acceptors (Lipinski definition) is 5. The van der Waals surface area contributed by atoms with Crippen LogP contribution in [0.25, 0.3) is 0 Å². The van der Waals surface area contributed by atoms with E-state index in [1.165, 1.54) is 12.1 Å². The average molecular weight is 398 g/mol. The van der Waals surface area contributed by atoms with Crippen LogP contribution < -0.4 is 0 Å². The summed E-state index contributed by atoms with van der Waals surface area (Å²) in [7, 11) is -3.34. The van der Waals surface area contributed by atoms with Crippen molar-refractivity contribution in [3.63, 3.8) is 0 Å². The topological polar surface area (TPSA) is 91.8 Å². The molecule has 26 heavy (non-hydrogen) atoms. The van der Waals surface area contributed by atoms with Gasteiger partial charge in [0.2, 0.25) is 0 Å². The summed E-state index contributed by atoms with van der Waals surface area (Å²) in [4.78, 5) is 25.7. The number of rotatable bonds is 5. The number of nitrogens with zero attached hydrogens (tertiary/aromatic N) is 1. The van der Waals surface area contributed by atoms with Crippen molar-refractivity contribution in [1.82, 2.24) is 4.90 Å². The predicted molar refractivity (Wildman–Crippen MR) is 100 cm³/mol. The maximum Gasteiger partial charge on any atom is 0.305 e. The number of carboxylic acid groups (broad SMARTS) is 1. The van der Waals surface area contributed by atoms with Crippen molar-refractivity contribution in [2.24, 2.45) is 0 Å². The molecule has 1 aromatic carbocycles. The molecule has 2 aliphatic rings. The van der Waals surface area contributed by atoms with Crippen LogP contribution in [0.4, 0.5) is 0 Å². The van der Waals surface area contributed by atoms with Crippen LogP contribution in [0.2, 0.25) is 0 Å². The first kappa shape index (κ1) is 19.2. The van der Waals surface area contributed by atoms with E-state index in [1.54, 1.807) is 28.8 Å². The van der Waals surface area contributed by atoms with Crippen molar-refractivity contribution < 1.29 is 23.1 Å². The molecule has 8 heteroatoms. The summed E-state index contributed by atoms with van der Waals surface area (Å²) < 4.78 is 25.3. The molecule has 1 saturated heterocycles. The summed E-state index contributed by atoms with van der Waals surface area (Å²) in [6.07, 6.45) is 3.21. The standard InChI is InChI=1S/C18H23NO5S2/c20-17(21)11-14-12-25-10-9-19(14)18(22)13-5-7-16(8-6-13)26(23,24)15-3-1-2-4-15/h5-8,14-15H,1-4,9-12H2,(H,20,21). The molecule has 3 rings (SSSR count). The molecule has 1 heterocycles. The molecular weight excluding hydrogens is 374 g/mol. The van der Waals surface area contributed by atoms with Gasteiger partial charge in [0.25, 0.3) is 5.91 Å². The van der Waals surface area contributed by atoms with Gasteiger partial charge in [-0.05, 0) is 37.1 Å². The van der Waals surface area contributed by atoms with Crippen molar-refractivity contribution in [2.45, 2.75) is 48.3 Å². The zero-order chi connectivity index (χ0) is 18.7. The van der Waals surface area contributed by atoms with Gasteiger partial charge in [-0.1, -0.05) is 12.8 Å². The fourth-order valence-corrected chi connectivity index (χ4v) is 6.55. The van der Waals surface area contributed by atoms with E-state index in [-0.39, 0.29) is 28.5 Å². The van der Waals surface area contributed by atoms with Gasteiger partial charge < -0.3 is 10.0 Å². The van der Waals surface area contributed by atoms with Gasteiger partial charge in [-0.2, -0.15) is 11.8 Å². The second-order valence-corrected chi connectivity index (χ2v) is 10.2. The Labute approximate surface area is 157 Å². The zero-order valence-corrected chi connectivity index (χ0v) is 16.1. The Kier molecular flexibility index (Phi) is 5.92. The summed E-state index contributed by atoms with van der Waals surface area (Å²) in [5, 5.41) is 8.74. The molecule has 1 aromatic rings. The summed E-state index contributed by atoms with van der Waals surface area (Å²) in [5.74, 6) is 0.219. The minimum atomic E-state index is -3.34. The fraction of sp³-hybridized carbons (Fsp3) is 0.556. The summed E-state index contributed by atoms with van der Waals surface area (Å²) >= 11 is 1.64. The first-order valence-corrected chi connectivity index (χ1v) is 11.5. The van der Waals surface area contributed by atoms with Crippen LogP contribution in [-0.4, -0.2) is 59.6 Å². The van der Waals surface area contributed by atoms with Crippen LogP contribution in [0.1, 0.15) is 42.5 Å². The van der Waals surface area contributed by atoms with E-state index in [0.29, 0.717) is 30.7 Å². The van der Waals surface area contributed by atoms with Crippen molar-refractivity contribution in [3.8, 4) is 0 Å². The Bertz CT molecular complexity index is 769. The molecule has 1 saturated carbocycles. The van der Waals surface area contributed by atoms with Crippen LogP contribution in [0, 0.1) is 0 Å². The van der Waals surface area contributed by atoms with Gasteiger partial charge in [-0.3, -0.25) is 9.59 Å². The Hall–Kier alpha value is -1.54. The highest BCUT2D eigenvalue weighted by Gasteiger charge is 2.32. The minimum Gasteiger partial charge on any atom is -0.481 e. The van der Waals surface area contributed by atoms with Crippen LogP contribution in [0.15, 0.2) is 29.2 Å². The smallest absolute Gasteiger partial charge is 0.305 e. The van der Waals surface area contributed by atoms with E-state index in [0.717, 1.165) is 18.6 Å². The molecule has 1 aliphatic carbocycles. The van der Waals surface area contributed by atoms with Crippen molar-refractivity contribution in [1.29, 1.82) is 0 Å². The van der Waals surface area contributed by atoms with E-state index in [9.17, 15) is 18.0 Å². The van der Waals surface area contributed by atoms with Gasteiger partial charge in [-0.25, -0.2) is 8.42 Å². The fourth-order valence-electron chi connectivity index (χ4n) is 3.64. The summed E-state index contributed by atoms with van der Waals surface area (Å²) in [6, 6.07) is 5.77. The number of amides is 1. The summed E-state index contributed by atoms with van der Waals surface area (Å²) in [5.41, 5.74) is 0.401. The lowest BCUT2D eigenvalue weighted by Crippen LogP contribution is -2.47. The van der Waals surface area contributed by atoms with Crippen molar-refractivity contribution in [3.05, 3.63) is 29.8 Å². The Balaban J connectivity index is 1.77. The van der Waals surface area contributed by atoms with Gasteiger partial charge in [0.05, 0.1) is 22.6 Å². The number of aliphatic carboxylic acids is 1. The van der Waals surface area contributed by atoms with E-state index in [2.05, 4.69) is 0 Å². The van der Waals surface area contributed by atoms with Gasteiger partial charge in [0, 0.05) is 23.6 Å². The molecule has 0 bridgehead atoms. The van der Waals surface area contributed by atoms with Gasteiger partial charge >= 0.3 is 5.97 Å². The molecule has 0 radical (unpaired) electrons. The normalized spacial score (nSPS) is 21.7. The molecular formula is C18H23NO5S2. The first-order valence-electron chi connectivity index (χ1n) is 8.84. The zero-order valence-electron chi connectivity index (χ0n) is 14.5. The molecule has 142 valence electrons. The van der Waals surface area contributed by atoms with E-state index in [4.69, 9.17) is 5.11 Å². The predicted octanol–water partition coefficient (Wildman–Crippen LogP) is 2.44. The third kappa shape index (κ3) is 4.06. The molecule has 0 aromatic heterocycles. The van der Waals surface area contributed by atoms with Crippen LogP contribution in [-0.2, 0) is 14.6 Å².